The average molecular weight is 317 g/mol. The monoisotopic (exact) mass is 317 g/mol. The van der Waals surface area contributed by atoms with E-state index in [2.05, 4.69) is 19.2 Å². The Morgan fingerprint density at radius 3 is 2.33 bits per heavy atom. The van der Waals surface area contributed by atoms with E-state index in [1.165, 1.54) is 6.92 Å². The number of hydrogen-bond donors (Lipinski definition) is 1. The molecule has 1 N–H and O–H groups in total. The Morgan fingerprint density at radius 1 is 1.33 bits per heavy atom. The normalized spacial score (nSPS) is 25.0. The van der Waals surface area contributed by atoms with Gasteiger partial charge >= 0.3 is 6.18 Å². The van der Waals surface area contributed by atoms with Crippen LogP contribution < -0.4 is 5.32 Å². The Kier molecular flexibility index (Phi) is 4.29. The lowest BCUT2D eigenvalue weighted by atomic mass is 10.1. The topological polar surface area (TPSA) is 29.1 Å². The van der Waals surface area contributed by atoms with Gasteiger partial charge in [-0.15, -0.1) is 11.8 Å². The number of amides is 1. The first kappa shape index (κ1) is 16.2. The number of alkyl halides is 3. The number of rotatable bonds is 4. The number of anilines is 1. The van der Waals surface area contributed by atoms with Crippen molar-refractivity contribution in [2.24, 2.45) is 11.3 Å². The van der Waals surface area contributed by atoms with Gasteiger partial charge in [0.25, 0.3) is 0 Å². The lowest BCUT2D eigenvalue weighted by Gasteiger charge is -2.14. The molecule has 0 spiro atoms. The molecule has 1 aliphatic rings. The molecule has 116 valence electrons. The van der Waals surface area contributed by atoms with E-state index in [9.17, 15) is 18.0 Å². The van der Waals surface area contributed by atoms with Gasteiger partial charge in [-0.25, -0.2) is 0 Å². The molecule has 1 aromatic rings. The summed E-state index contributed by atoms with van der Waals surface area (Å²) in [4.78, 5) is 13.1. The highest BCUT2D eigenvalue weighted by Gasteiger charge is 2.67. The minimum atomic E-state index is -4.30. The molecule has 2 unspecified atom stereocenters. The first-order valence-electron chi connectivity index (χ1n) is 6.78. The van der Waals surface area contributed by atoms with Crippen LogP contribution in [0.1, 0.15) is 27.2 Å². The summed E-state index contributed by atoms with van der Waals surface area (Å²) < 4.78 is 37.9. The van der Waals surface area contributed by atoms with E-state index in [4.69, 9.17) is 0 Å². The maximum absolute atomic E-state index is 12.6. The number of carbonyl (C=O) groups excluding carboxylic acids is 1. The van der Waals surface area contributed by atoms with Crippen LogP contribution in [0.4, 0.5) is 18.9 Å². The Hall–Kier alpha value is -1.17. The molecule has 2 nitrogen and oxygen atoms in total. The van der Waals surface area contributed by atoms with Crippen molar-refractivity contribution in [3.05, 3.63) is 24.3 Å². The van der Waals surface area contributed by atoms with Crippen molar-refractivity contribution in [1.82, 2.24) is 0 Å². The largest absolute Gasteiger partial charge is 0.392 e. The van der Waals surface area contributed by atoms with E-state index in [1.807, 2.05) is 12.1 Å². The van der Waals surface area contributed by atoms with Crippen LogP contribution in [-0.4, -0.2) is 17.3 Å². The standard InChI is InChI=1S/C15H18F3NOS/c1-9(2)21-11-6-4-10(5-7-11)19-13(20)14(3)8-12(14)15(16,17)18/h4-7,9,12H,8H2,1-3H3,(H,19,20). The first-order valence-corrected chi connectivity index (χ1v) is 7.66. The van der Waals surface area contributed by atoms with Crippen molar-refractivity contribution in [2.75, 3.05) is 5.32 Å². The summed E-state index contributed by atoms with van der Waals surface area (Å²) in [5.74, 6) is -2.09. The summed E-state index contributed by atoms with van der Waals surface area (Å²) >= 11 is 1.69. The molecule has 0 bridgehead atoms. The second-order valence-corrected chi connectivity index (χ2v) is 7.51. The molecule has 0 aromatic heterocycles. The number of benzene rings is 1. The van der Waals surface area contributed by atoms with Gasteiger partial charge in [-0.2, -0.15) is 13.2 Å². The van der Waals surface area contributed by atoms with Crippen LogP contribution in [0.3, 0.4) is 0 Å². The van der Waals surface area contributed by atoms with E-state index in [0.29, 0.717) is 10.9 Å². The van der Waals surface area contributed by atoms with Gasteiger partial charge in [-0.05, 0) is 30.7 Å². The minimum Gasteiger partial charge on any atom is -0.326 e. The lowest BCUT2D eigenvalue weighted by molar-refractivity contribution is -0.159. The lowest BCUT2D eigenvalue weighted by Crippen LogP contribution is -2.27. The third-order valence-electron chi connectivity index (χ3n) is 3.63. The summed E-state index contributed by atoms with van der Waals surface area (Å²) in [5.41, 5.74) is -0.800. The summed E-state index contributed by atoms with van der Waals surface area (Å²) in [6.45, 7) is 5.51. The molecule has 0 heterocycles. The van der Waals surface area contributed by atoms with E-state index in [-0.39, 0.29) is 6.42 Å². The Balaban J connectivity index is 1.98. The number of carbonyl (C=O) groups is 1. The fourth-order valence-corrected chi connectivity index (χ4v) is 3.09. The highest BCUT2D eigenvalue weighted by Crippen LogP contribution is 2.60. The summed E-state index contributed by atoms with van der Waals surface area (Å²) in [6, 6.07) is 7.15. The van der Waals surface area contributed by atoms with Crippen molar-refractivity contribution < 1.29 is 18.0 Å². The van der Waals surface area contributed by atoms with Crippen LogP contribution >= 0.6 is 11.8 Å². The zero-order valence-corrected chi connectivity index (χ0v) is 12.9. The fourth-order valence-electron chi connectivity index (χ4n) is 2.26. The maximum atomic E-state index is 12.6. The number of thioether (sulfide) groups is 1. The quantitative estimate of drug-likeness (QED) is 0.815. The zero-order chi connectivity index (χ0) is 15.8. The van der Waals surface area contributed by atoms with Gasteiger partial charge in [0.15, 0.2) is 0 Å². The van der Waals surface area contributed by atoms with Crippen LogP contribution in [0.2, 0.25) is 0 Å². The smallest absolute Gasteiger partial charge is 0.326 e. The molecular weight excluding hydrogens is 299 g/mol. The molecule has 1 aliphatic carbocycles. The Morgan fingerprint density at radius 2 is 1.90 bits per heavy atom. The molecule has 6 heteroatoms. The number of halogens is 3. The van der Waals surface area contributed by atoms with E-state index >= 15 is 0 Å². The predicted octanol–water partition coefficient (Wildman–Crippen LogP) is 4.71. The van der Waals surface area contributed by atoms with Crippen LogP contribution in [0, 0.1) is 11.3 Å². The predicted molar refractivity (Wildman–Crippen MR) is 78.3 cm³/mol. The van der Waals surface area contributed by atoms with Crippen molar-refractivity contribution in [3.63, 3.8) is 0 Å². The van der Waals surface area contributed by atoms with E-state index < -0.39 is 23.4 Å². The highest BCUT2D eigenvalue weighted by atomic mass is 32.2. The Bertz CT molecular complexity index is 527. The van der Waals surface area contributed by atoms with Crippen LogP contribution in [0.15, 0.2) is 29.2 Å². The third-order valence-corrected chi connectivity index (χ3v) is 4.65. The van der Waals surface area contributed by atoms with Gasteiger partial charge in [-0.3, -0.25) is 4.79 Å². The van der Waals surface area contributed by atoms with Gasteiger partial charge in [0.05, 0.1) is 11.3 Å². The molecule has 0 aliphatic heterocycles. The van der Waals surface area contributed by atoms with Crippen LogP contribution in [0.25, 0.3) is 0 Å². The minimum absolute atomic E-state index is 0.135. The average Bonchev–Trinajstić information content (AvgIpc) is 3.05. The molecule has 1 fully saturated rings. The molecule has 2 rings (SSSR count). The fraction of sp³-hybridized carbons (Fsp3) is 0.533. The molecule has 1 aromatic carbocycles. The second-order valence-electron chi connectivity index (χ2n) is 5.86. The van der Waals surface area contributed by atoms with Crippen molar-refractivity contribution in [2.45, 2.75) is 43.5 Å². The molecule has 0 saturated heterocycles. The van der Waals surface area contributed by atoms with Gasteiger partial charge in [0.1, 0.15) is 0 Å². The summed E-state index contributed by atoms with van der Waals surface area (Å²) in [6.07, 6.45) is -4.44. The van der Waals surface area contributed by atoms with E-state index in [1.54, 1.807) is 23.9 Å². The number of nitrogens with one attached hydrogen (secondary N) is 1. The van der Waals surface area contributed by atoms with Crippen LogP contribution in [-0.2, 0) is 4.79 Å². The Labute approximate surface area is 126 Å². The molecular formula is C15H18F3NOS. The summed E-state index contributed by atoms with van der Waals surface area (Å²) in [7, 11) is 0. The first-order chi connectivity index (χ1) is 9.63. The summed E-state index contributed by atoms with van der Waals surface area (Å²) in [5, 5.41) is 3.03. The number of hydrogen-bond acceptors (Lipinski definition) is 2. The molecule has 0 radical (unpaired) electrons. The molecule has 1 saturated carbocycles. The van der Waals surface area contributed by atoms with E-state index in [0.717, 1.165) is 4.90 Å². The van der Waals surface area contributed by atoms with Crippen molar-refractivity contribution >= 4 is 23.4 Å². The highest BCUT2D eigenvalue weighted by molar-refractivity contribution is 7.99. The zero-order valence-electron chi connectivity index (χ0n) is 12.1. The van der Waals surface area contributed by atoms with Gasteiger partial charge in [-0.1, -0.05) is 20.8 Å². The maximum Gasteiger partial charge on any atom is 0.392 e. The van der Waals surface area contributed by atoms with Crippen molar-refractivity contribution in [3.8, 4) is 0 Å². The van der Waals surface area contributed by atoms with Gasteiger partial charge in [0, 0.05) is 15.8 Å². The molecule has 21 heavy (non-hydrogen) atoms. The molecule has 2 atom stereocenters. The SMILES string of the molecule is CC(C)Sc1ccc(NC(=O)C2(C)CC2C(F)(F)F)cc1. The van der Waals surface area contributed by atoms with Gasteiger partial charge in [0.2, 0.25) is 5.91 Å². The molecule has 1 amide bonds. The third kappa shape index (κ3) is 3.73. The van der Waals surface area contributed by atoms with Gasteiger partial charge < -0.3 is 5.32 Å². The van der Waals surface area contributed by atoms with Crippen molar-refractivity contribution in [1.29, 1.82) is 0 Å². The van der Waals surface area contributed by atoms with Crippen LogP contribution in [0.5, 0.6) is 0 Å². The second kappa shape index (κ2) is 5.55.